The standard InChI is InChI=1S/C15H25N3O2/c1-11-12(8-16-17(11)4)9-18-7-5-6-13(10-18)15(2,3)14(19)20/h8,13H,5-7,9-10H2,1-4H3,(H,19,20). The van der Waals surface area contributed by atoms with Crippen LogP contribution in [-0.4, -0.2) is 38.8 Å². The maximum absolute atomic E-state index is 11.4. The molecule has 1 aromatic rings. The van der Waals surface area contributed by atoms with Crippen LogP contribution >= 0.6 is 0 Å². The minimum absolute atomic E-state index is 0.214. The minimum Gasteiger partial charge on any atom is -0.481 e. The Morgan fingerprint density at radius 3 is 2.80 bits per heavy atom. The molecule has 1 saturated heterocycles. The van der Waals surface area contributed by atoms with Gasteiger partial charge in [0.15, 0.2) is 0 Å². The summed E-state index contributed by atoms with van der Waals surface area (Å²) < 4.78 is 1.89. The maximum Gasteiger partial charge on any atom is 0.309 e. The number of carboxylic acids is 1. The number of piperidine rings is 1. The molecule has 20 heavy (non-hydrogen) atoms. The quantitative estimate of drug-likeness (QED) is 0.916. The first-order valence-electron chi connectivity index (χ1n) is 7.25. The largest absolute Gasteiger partial charge is 0.481 e. The number of aromatic nitrogens is 2. The third-order valence-electron chi connectivity index (χ3n) is 4.81. The average Bonchev–Trinajstić information content (AvgIpc) is 2.71. The number of aryl methyl sites for hydroxylation is 1. The van der Waals surface area contributed by atoms with Crippen molar-refractivity contribution in [3.05, 3.63) is 17.5 Å². The highest BCUT2D eigenvalue weighted by Crippen LogP contribution is 2.34. The lowest BCUT2D eigenvalue weighted by atomic mass is 9.74. The molecule has 0 aliphatic carbocycles. The summed E-state index contributed by atoms with van der Waals surface area (Å²) in [5, 5.41) is 13.7. The molecule has 1 N–H and O–H groups in total. The molecule has 0 spiro atoms. The van der Waals surface area contributed by atoms with Crippen LogP contribution in [0.4, 0.5) is 0 Å². The summed E-state index contributed by atoms with van der Waals surface area (Å²) in [5.41, 5.74) is 1.77. The molecule has 1 atom stereocenters. The number of carbonyl (C=O) groups is 1. The molecule has 0 saturated carbocycles. The Kier molecular flexibility index (Phi) is 4.18. The van der Waals surface area contributed by atoms with E-state index in [1.54, 1.807) is 0 Å². The molecule has 1 aromatic heterocycles. The zero-order chi connectivity index (χ0) is 14.9. The van der Waals surface area contributed by atoms with E-state index < -0.39 is 11.4 Å². The van der Waals surface area contributed by atoms with Crippen molar-refractivity contribution in [3.63, 3.8) is 0 Å². The van der Waals surface area contributed by atoms with Crippen LogP contribution in [0.2, 0.25) is 0 Å². The van der Waals surface area contributed by atoms with Crippen molar-refractivity contribution >= 4 is 5.97 Å². The summed E-state index contributed by atoms with van der Waals surface area (Å²) in [6.45, 7) is 8.53. The van der Waals surface area contributed by atoms with Crippen LogP contribution in [0.5, 0.6) is 0 Å². The summed E-state index contributed by atoms with van der Waals surface area (Å²) in [6, 6.07) is 0. The highest BCUT2D eigenvalue weighted by Gasteiger charge is 2.39. The molecule has 2 rings (SSSR count). The second-order valence-corrected chi connectivity index (χ2v) is 6.48. The summed E-state index contributed by atoms with van der Waals surface area (Å²) >= 11 is 0. The molecule has 0 bridgehead atoms. The zero-order valence-corrected chi connectivity index (χ0v) is 12.9. The van der Waals surface area contributed by atoms with Crippen molar-refractivity contribution < 1.29 is 9.90 Å². The Balaban J connectivity index is 2.04. The maximum atomic E-state index is 11.4. The van der Waals surface area contributed by atoms with Gasteiger partial charge in [-0.1, -0.05) is 0 Å². The molecular formula is C15H25N3O2. The van der Waals surface area contributed by atoms with Gasteiger partial charge in [0, 0.05) is 31.4 Å². The van der Waals surface area contributed by atoms with E-state index in [0.29, 0.717) is 0 Å². The highest BCUT2D eigenvalue weighted by atomic mass is 16.4. The lowest BCUT2D eigenvalue weighted by Gasteiger charge is -2.39. The van der Waals surface area contributed by atoms with Gasteiger partial charge in [0.1, 0.15) is 0 Å². The van der Waals surface area contributed by atoms with E-state index in [-0.39, 0.29) is 5.92 Å². The SMILES string of the molecule is Cc1c(CN2CCCC(C(C)(C)C(=O)O)C2)cnn1C. The second kappa shape index (κ2) is 5.56. The van der Waals surface area contributed by atoms with Crippen LogP contribution in [0, 0.1) is 18.3 Å². The van der Waals surface area contributed by atoms with Gasteiger partial charge in [-0.15, -0.1) is 0 Å². The molecule has 0 amide bonds. The minimum atomic E-state index is -0.693. The van der Waals surface area contributed by atoms with Crippen LogP contribution < -0.4 is 0 Å². The number of carboxylic acid groups (broad SMARTS) is 1. The first kappa shape index (κ1) is 15.0. The van der Waals surface area contributed by atoms with Gasteiger partial charge < -0.3 is 5.11 Å². The molecule has 1 aliphatic rings. The Bertz CT molecular complexity index is 493. The van der Waals surface area contributed by atoms with Crippen LogP contribution in [0.25, 0.3) is 0 Å². The van der Waals surface area contributed by atoms with Gasteiger partial charge in [0.05, 0.1) is 11.6 Å². The molecule has 5 heteroatoms. The van der Waals surface area contributed by atoms with Crippen molar-refractivity contribution in [2.24, 2.45) is 18.4 Å². The van der Waals surface area contributed by atoms with Gasteiger partial charge in [-0.2, -0.15) is 5.10 Å². The van der Waals surface area contributed by atoms with E-state index in [4.69, 9.17) is 0 Å². The van der Waals surface area contributed by atoms with Crippen molar-refractivity contribution in [1.29, 1.82) is 0 Å². The van der Waals surface area contributed by atoms with Gasteiger partial charge in [-0.05, 0) is 46.1 Å². The van der Waals surface area contributed by atoms with Crippen LogP contribution in [0.1, 0.15) is 37.9 Å². The number of hydrogen-bond donors (Lipinski definition) is 1. The van der Waals surface area contributed by atoms with E-state index in [1.807, 2.05) is 31.8 Å². The molecule has 2 heterocycles. The lowest BCUT2D eigenvalue weighted by Crippen LogP contribution is -2.44. The van der Waals surface area contributed by atoms with Gasteiger partial charge in [-0.25, -0.2) is 0 Å². The Labute approximate surface area is 120 Å². The van der Waals surface area contributed by atoms with Crippen molar-refractivity contribution in [2.45, 2.75) is 40.2 Å². The molecule has 0 radical (unpaired) electrons. The topological polar surface area (TPSA) is 58.4 Å². The summed E-state index contributed by atoms with van der Waals surface area (Å²) in [7, 11) is 1.95. The van der Waals surface area contributed by atoms with E-state index in [9.17, 15) is 9.90 Å². The Morgan fingerprint density at radius 1 is 1.55 bits per heavy atom. The summed E-state index contributed by atoms with van der Waals surface area (Å²) in [6.07, 6.45) is 3.99. The fraction of sp³-hybridized carbons (Fsp3) is 0.733. The van der Waals surface area contributed by atoms with Crippen LogP contribution in [0.3, 0.4) is 0 Å². The number of likely N-dealkylation sites (tertiary alicyclic amines) is 1. The number of nitrogens with zero attached hydrogens (tertiary/aromatic N) is 3. The number of rotatable bonds is 4. The highest BCUT2D eigenvalue weighted by molar-refractivity contribution is 5.74. The summed E-state index contributed by atoms with van der Waals surface area (Å²) in [5.74, 6) is -0.479. The third-order valence-corrected chi connectivity index (χ3v) is 4.81. The lowest BCUT2D eigenvalue weighted by molar-refractivity contribution is -0.151. The van der Waals surface area contributed by atoms with Gasteiger partial charge in [0.2, 0.25) is 0 Å². The number of hydrogen-bond acceptors (Lipinski definition) is 3. The van der Waals surface area contributed by atoms with Crippen LogP contribution in [-0.2, 0) is 18.4 Å². The monoisotopic (exact) mass is 279 g/mol. The molecule has 112 valence electrons. The molecular weight excluding hydrogens is 254 g/mol. The van der Waals surface area contributed by atoms with Gasteiger partial charge >= 0.3 is 5.97 Å². The zero-order valence-electron chi connectivity index (χ0n) is 12.9. The summed E-state index contributed by atoms with van der Waals surface area (Å²) in [4.78, 5) is 13.8. The molecule has 1 aliphatic heterocycles. The Hall–Kier alpha value is -1.36. The smallest absolute Gasteiger partial charge is 0.309 e. The van der Waals surface area contributed by atoms with Crippen molar-refractivity contribution in [3.8, 4) is 0 Å². The van der Waals surface area contributed by atoms with E-state index in [0.717, 1.165) is 32.5 Å². The fourth-order valence-electron chi connectivity index (χ4n) is 2.90. The fourth-order valence-corrected chi connectivity index (χ4v) is 2.90. The van der Waals surface area contributed by atoms with E-state index in [1.165, 1.54) is 11.3 Å². The predicted octanol–water partition coefficient (Wildman–Crippen LogP) is 2.05. The van der Waals surface area contributed by atoms with Gasteiger partial charge in [-0.3, -0.25) is 14.4 Å². The first-order valence-corrected chi connectivity index (χ1v) is 7.25. The normalized spacial score (nSPS) is 21.1. The van der Waals surface area contributed by atoms with E-state index >= 15 is 0 Å². The molecule has 1 fully saturated rings. The molecule has 1 unspecified atom stereocenters. The average molecular weight is 279 g/mol. The molecule has 5 nitrogen and oxygen atoms in total. The predicted molar refractivity (Wildman–Crippen MR) is 77.4 cm³/mol. The molecule has 0 aromatic carbocycles. The van der Waals surface area contributed by atoms with Crippen LogP contribution in [0.15, 0.2) is 6.20 Å². The van der Waals surface area contributed by atoms with Crippen molar-refractivity contribution in [1.82, 2.24) is 14.7 Å². The van der Waals surface area contributed by atoms with Crippen molar-refractivity contribution in [2.75, 3.05) is 13.1 Å². The second-order valence-electron chi connectivity index (χ2n) is 6.48. The van der Waals surface area contributed by atoms with E-state index in [2.05, 4.69) is 16.9 Å². The Morgan fingerprint density at radius 2 is 2.25 bits per heavy atom. The first-order chi connectivity index (χ1) is 9.32. The number of aliphatic carboxylic acids is 1. The van der Waals surface area contributed by atoms with Gasteiger partial charge in [0.25, 0.3) is 0 Å². The third kappa shape index (κ3) is 2.87.